The van der Waals surface area contributed by atoms with Crippen LogP contribution < -0.4 is 4.74 Å². The lowest BCUT2D eigenvalue weighted by molar-refractivity contribution is -0.145. The van der Waals surface area contributed by atoms with E-state index in [1.807, 2.05) is 0 Å². The van der Waals surface area contributed by atoms with Gasteiger partial charge in [0.05, 0.1) is 11.5 Å². The molecule has 1 aromatic rings. The number of carbonyl (C=O) groups excluding carboxylic acids is 4. The molecule has 10 heteroatoms. The van der Waals surface area contributed by atoms with Gasteiger partial charge in [-0.1, -0.05) is 15.9 Å². The highest BCUT2D eigenvalue weighted by Crippen LogP contribution is 2.35. The first-order valence-electron chi connectivity index (χ1n) is 9.50. The molecule has 0 saturated carbocycles. The lowest BCUT2D eigenvalue weighted by Crippen LogP contribution is -2.40. The SMILES string of the molecule is CCOC(=O)COc1ccc(Br)cc1/C=C1/SC(=O)N(CC(=O)N2CCCC2)C1=O. The Kier molecular flexibility index (Phi) is 7.54. The molecule has 0 unspecified atom stereocenters. The van der Waals surface area contributed by atoms with E-state index < -0.39 is 17.1 Å². The Morgan fingerprint density at radius 1 is 1.23 bits per heavy atom. The average molecular weight is 497 g/mol. The second-order valence-corrected chi connectivity index (χ2v) is 8.54. The summed E-state index contributed by atoms with van der Waals surface area (Å²) in [6.45, 7) is 2.73. The molecule has 0 aromatic heterocycles. The van der Waals surface area contributed by atoms with Crippen LogP contribution in [0.3, 0.4) is 0 Å². The summed E-state index contributed by atoms with van der Waals surface area (Å²) in [5.74, 6) is -0.885. The molecular formula is C20H21BrN2O6S. The molecule has 2 saturated heterocycles. The fraction of sp³-hybridized carbons (Fsp3) is 0.400. The summed E-state index contributed by atoms with van der Waals surface area (Å²) in [6.07, 6.45) is 3.40. The van der Waals surface area contributed by atoms with E-state index in [1.54, 1.807) is 30.0 Å². The van der Waals surface area contributed by atoms with Gasteiger partial charge in [0.2, 0.25) is 5.91 Å². The Morgan fingerprint density at radius 3 is 2.67 bits per heavy atom. The summed E-state index contributed by atoms with van der Waals surface area (Å²) in [4.78, 5) is 51.8. The van der Waals surface area contributed by atoms with Crippen molar-refractivity contribution in [1.29, 1.82) is 0 Å². The Labute approximate surface area is 186 Å². The largest absolute Gasteiger partial charge is 0.481 e. The number of likely N-dealkylation sites (tertiary alicyclic amines) is 1. The topological polar surface area (TPSA) is 93.2 Å². The average Bonchev–Trinajstić information content (AvgIpc) is 3.33. The minimum Gasteiger partial charge on any atom is -0.481 e. The van der Waals surface area contributed by atoms with Crippen molar-refractivity contribution in [3.05, 3.63) is 33.1 Å². The molecule has 3 amide bonds. The first kappa shape index (κ1) is 22.4. The number of esters is 1. The molecule has 0 atom stereocenters. The van der Waals surface area contributed by atoms with Crippen LogP contribution in [0.15, 0.2) is 27.6 Å². The fourth-order valence-corrected chi connectivity index (χ4v) is 4.29. The minimum atomic E-state index is -0.520. The zero-order valence-corrected chi connectivity index (χ0v) is 18.8. The van der Waals surface area contributed by atoms with Gasteiger partial charge in [-0.15, -0.1) is 0 Å². The number of rotatable bonds is 7. The number of imide groups is 1. The Morgan fingerprint density at radius 2 is 1.97 bits per heavy atom. The molecule has 0 bridgehead atoms. The molecule has 0 radical (unpaired) electrons. The van der Waals surface area contributed by atoms with Crippen molar-refractivity contribution >= 4 is 56.8 Å². The normalized spacial score (nSPS) is 17.7. The van der Waals surface area contributed by atoms with Gasteiger partial charge in [0.25, 0.3) is 11.1 Å². The summed E-state index contributed by atoms with van der Waals surface area (Å²) in [7, 11) is 0. The zero-order valence-electron chi connectivity index (χ0n) is 16.4. The third kappa shape index (κ3) is 5.42. The first-order valence-corrected chi connectivity index (χ1v) is 11.1. The zero-order chi connectivity index (χ0) is 21.7. The molecule has 2 heterocycles. The number of hydrogen-bond donors (Lipinski definition) is 0. The van der Waals surface area contributed by atoms with Crippen LogP contribution in [-0.2, 0) is 19.1 Å². The number of carbonyl (C=O) groups is 4. The van der Waals surface area contributed by atoms with Crippen molar-refractivity contribution in [2.45, 2.75) is 19.8 Å². The monoisotopic (exact) mass is 496 g/mol. The highest BCUT2D eigenvalue weighted by Gasteiger charge is 2.37. The van der Waals surface area contributed by atoms with Crippen molar-refractivity contribution in [1.82, 2.24) is 9.80 Å². The lowest BCUT2D eigenvalue weighted by Gasteiger charge is -2.18. The smallest absolute Gasteiger partial charge is 0.344 e. The van der Waals surface area contributed by atoms with Gasteiger partial charge in [0.15, 0.2) is 6.61 Å². The molecule has 30 heavy (non-hydrogen) atoms. The van der Waals surface area contributed by atoms with Crippen molar-refractivity contribution in [2.24, 2.45) is 0 Å². The lowest BCUT2D eigenvalue weighted by atomic mass is 10.2. The van der Waals surface area contributed by atoms with E-state index in [9.17, 15) is 19.2 Å². The van der Waals surface area contributed by atoms with E-state index in [0.29, 0.717) is 24.4 Å². The van der Waals surface area contributed by atoms with Crippen LogP contribution in [0.1, 0.15) is 25.3 Å². The van der Waals surface area contributed by atoms with Crippen LogP contribution >= 0.6 is 27.7 Å². The van der Waals surface area contributed by atoms with E-state index in [4.69, 9.17) is 9.47 Å². The molecule has 8 nitrogen and oxygen atoms in total. The first-order chi connectivity index (χ1) is 14.4. The summed E-state index contributed by atoms with van der Waals surface area (Å²) in [6, 6.07) is 5.10. The van der Waals surface area contributed by atoms with E-state index in [-0.39, 0.29) is 30.6 Å². The number of halogens is 1. The fourth-order valence-electron chi connectivity index (χ4n) is 3.08. The molecule has 160 valence electrons. The number of hydrogen-bond acceptors (Lipinski definition) is 7. The van der Waals surface area contributed by atoms with Crippen LogP contribution in [0.5, 0.6) is 5.75 Å². The number of nitrogens with zero attached hydrogens (tertiary/aromatic N) is 2. The molecule has 0 spiro atoms. The van der Waals surface area contributed by atoms with Gasteiger partial charge in [-0.3, -0.25) is 19.3 Å². The van der Waals surface area contributed by atoms with Gasteiger partial charge in [-0.2, -0.15) is 0 Å². The Balaban J connectivity index is 1.75. The van der Waals surface area contributed by atoms with E-state index >= 15 is 0 Å². The standard InChI is InChI=1S/C20H21BrN2O6S/c1-2-28-18(25)12-29-15-6-5-14(21)9-13(15)10-16-19(26)23(20(27)30-16)11-17(24)22-7-3-4-8-22/h5-6,9-10H,2-4,7-8,11-12H2,1H3/b16-10+. The number of amides is 3. The van der Waals surface area contributed by atoms with Crippen LogP contribution in [0.2, 0.25) is 0 Å². The summed E-state index contributed by atoms with van der Waals surface area (Å²) >= 11 is 4.14. The van der Waals surface area contributed by atoms with Crippen LogP contribution in [0.4, 0.5) is 4.79 Å². The quantitative estimate of drug-likeness (QED) is 0.422. The second-order valence-electron chi connectivity index (χ2n) is 6.63. The van der Waals surface area contributed by atoms with E-state index in [2.05, 4.69) is 15.9 Å². The molecule has 2 aliphatic heterocycles. The van der Waals surface area contributed by atoms with Crippen LogP contribution in [0.25, 0.3) is 6.08 Å². The summed E-state index contributed by atoms with van der Waals surface area (Å²) in [5.41, 5.74) is 0.519. The Hall–Kier alpha value is -2.33. The number of benzene rings is 1. The highest BCUT2D eigenvalue weighted by atomic mass is 79.9. The maximum atomic E-state index is 12.7. The van der Waals surface area contributed by atoms with Gasteiger partial charge in [-0.25, -0.2) is 4.79 Å². The predicted octanol–water partition coefficient (Wildman–Crippen LogP) is 3.05. The molecule has 2 aliphatic rings. The summed E-state index contributed by atoms with van der Waals surface area (Å²) in [5, 5.41) is -0.484. The van der Waals surface area contributed by atoms with Crippen LogP contribution in [-0.4, -0.2) is 65.7 Å². The van der Waals surface area contributed by atoms with Gasteiger partial charge in [0, 0.05) is 23.1 Å². The van der Waals surface area contributed by atoms with Crippen molar-refractivity contribution in [2.75, 3.05) is 32.8 Å². The molecule has 1 aromatic carbocycles. The highest BCUT2D eigenvalue weighted by molar-refractivity contribution is 9.10. The maximum Gasteiger partial charge on any atom is 0.344 e. The molecular weight excluding hydrogens is 476 g/mol. The Bertz CT molecular complexity index is 897. The number of thioether (sulfide) groups is 1. The van der Waals surface area contributed by atoms with Gasteiger partial charge in [0.1, 0.15) is 12.3 Å². The van der Waals surface area contributed by atoms with Crippen molar-refractivity contribution in [3.63, 3.8) is 0 Å². The van der Waals surface area contributed by atoms with Gasteiger partial charge in [-0.05, 0) is 55.8 Å². The maximum absolute atomic E-state index is 12.7. The van der Waals surface area contributed by atoms with Gasteiger partial charge < -0.3 is 14.4 Å². The van der Waals surface area contributed by atoms with E-state index in [0.717, 1.165) is 34.0 Å². The minimum absolute atomic E-state index is 0.188. The predicted molar refractivity (Wildman–Crippen MR) is 115 cm³/mol. The van der Waals surface area contributed by atoms with Crippen LogP contribution in [0, 0.1) is 0 Å². The molecule has 0 N–H and O–H groups in total. The second kappa shape index (κ2) is 10.1. The summed E-state index contributed by atoms with van der Waals surface area (Å²) < 4.78 is 11.1. The van der Waals surface area contributed by atoms with Crippen molar-refractivity contribution < 1.29 is 28.7 Å². The molecule has 3 rings (SSSR count). The third-order valence-electron chi connectivity index (χ3n) is 4.54. The number of ether oxygens (including phenoxy) is 2. The molecule has 0 aliphatic carbocycles. The van der Waals surface area contributed by atoms with Crippen molar-refractivity contribution in [3.8, 4) is 5.75 Å². The van der Waals surface area contributed by atoms with E-state index in [1.165, 1.54) is 6.08 Å². The third-order valence-corrected chi connectivity index (χ3v) is 5.94. The molecule has 2 fully saturated rings. The van der Waals surface area contributed by atoms with Gasteiger partial charge >= 0.3 is 5.97 Å².